The second kappa shape index (κ2) is 11.4. The molecule has 0 saturated heterocycles. The number of carbonyl (C=O) groups is 1. The van der Waals surface area contributed by atoms with E-state index in [0.717, 1.165) is 58.6 Å². The van der Waals surface area contributed by atoms with Crippen molar-refractivity contribution >= 4 is 27.5 Å². The number of amides is 1. The second-order valence-electron chi connectivity index (χ2n) is 10.2. The molecule has 0 aliphatic carbocycles. The number of hydrogen-bond donors (Lipinski definition) is 4. The summed E-state index contributed by atoms with van der Waals surface area (Å²) < 4.78 is 1.59. The molecule has 3 aromatic rings. The Bertz CT molecular complexity index is 1190. The molecule has 0 spiro atoms. The van der Waals surface area contributed by atoms with Gasteiger partial charge in [0, 0.05) is 13.0 Å². The zero-order chi connectivity index (χ0) is 25.6. The standard InChI is InChI=1S/C27H38N4O3S/c1-19(2)31(16-13-23(28)33,27(3,4)18-20-8-6-5-7-9-20)17-15-29-14-12-21-10-11-22(32)24-25(21)35-26(34)30-24/h5-11,19,29H,12-18H2,1-4H3,(H3-,28,30,32,33,34)/p+1. The van der Waals surface area contributed by atoms with Gasteiger partial charge in [-0.25, -0.2) is 0 Å². The summed E-state index contributed by atoms with van der Waals surface area (Å²) >= 11 is 1.13. The minimum Gasteiger partial charge on any atom is -0.506 e. The predicted molar refractivity (Wildman–Crippen MR) is 144 cm³/mol. The van der Waals surface area contributed by atoms with Gasteiger partial charge in [0.2, 0.25) is 5.91 Å². The summed E-state index contributed by atoms with van der Waals surface area (Å²) in [6.45, 7) is 12.2. The Kier molecular flexibility index (Phi) is 8.74. The van der Waals surface area contributed by atoms with Gasteiger partial charge in [0.05, 0.1) is 35.8 Å². The van der Waals surface area contributed by atoms with E-state index in [9.17, 15) is 14.7 Å². The van der Waals surface area contributed by atoms with E-state index in [1.54, 1.807) is 6.07 Å². The van der Waals surface area contributed by atoms with E-state index in [-0.39, 0.29) is 22.1 Å². The number of fused-ring (bicyclic) bond motifs is 1. The minimum absolute atomic E-state index is 0.101. The summed E-state index contributed by atoms with van der Waals surface area (Å²) in [4.78, 5) is 26.1. The number of benzene rings is 2. The van der Waals surface area contributed by atoms with Gasteiger partial charge in [0.1, 0.15) is 11.3 Å². The van der Waals surface area contributed by atoms with Crippen LogP contribution < -0.4 is 15.9 Å². The molecule has 1 atom stereocenters. The molecule has 2 aromatic carbocycles. The van der Waals surface area contributed by atoms with Crippen LogP contribution in [-0.2, 0) is 17.6 Å². The first-order valence-electron chi connectivity index (χ1n) is 12.3. The molecule has 1 unspecified atom stereocenters. The maximum absolute atomic E-state index is 11.8. The number of primary amides is 1. The highest BCUT2D eigenvalue weighted by Crippen LogP contribution is 2.33. The molecule has 0 saturated carbocycles. The Hall–Kier alpha value is -2.68. The van der Waals surface area contributed by atoms with E-state index < -0.39 is 0 Å². The third-order valence-electron chi connectivity index (χ3n) is 7.33. The molecular formula is C27H39N4O3S+. The number of H-pyrrole nitrogens is 1. The van der Waals surface area contributed by atoms with Crippen LogP contribution in [0, 0.1) is 0 Å². The van der Waals surface area contributed by atoms with Crippen molar-refractivity contribution in [2.75, 3.05) is 26.2 Å². The Morgan fingerprint density at radius 3 is 2.51 bits per heavy atom. The number of rotatable bonds is 13. The van der Waals surface area contributed by atoms with Crippen molar-refractivity contribution in [2.45, 2.75) is 58.5 Å². The summed E-state index contributed by atoms with van der Waals surface area (Å²) in [6, 6.07) is 14.3. The smallest absolute Gasteiger partial charge is 0.305 e. The molecule has 7 nitrogen and oxygen atoms in total. The summed E-state index contributed by atoms with van der Waals surface area (Å²) in [5, 5.41) is 13.6. The van der Waals surface area contributed by atoms with Crippen LogP contribution in [0.1, 0.15) is 45.2 Å². The lowest BCUT2D eigenvalue weighted by Crippen LogP contribution is -2.68. The van der Waals surface area contributed by atoms with Gasteiger partial charge in [-0.15, -0.1) is 0 Å². The van der Waals surface area contributed by atoms with Crippen LogP contribution in [0.15, 0.2) is 47.3 Å². The fourth-order valence-corrected chi connectivity index (χ4v) is 6.29. The Balaban J connectivity index is 1.71. The maximum Gasteiger partial charge on any atom is 0.305 e. The molecular weight excluding hydrogens is 460 g/mol. The summed E-state index contributed by atoms with van der Waals surface area (Å²) in [5.41, 5.74) is 8.32. The number of nitrogens with one attached hydrogen (secondary N) is 2. The third kappa shape index (κ3) is 6.31. The molecule has 0 bridgehead atoms. The number of thiazole rings is 1. The lowest BCUT2D eigenvalue weighted by Gasteiger charge is -2.54. The van der Waals surface area contributed by atoms with Crippen LogP contribution in [0.4, 0.5) is 0 Å². The molecule has 3 rings (SSSR count). The number of nitrogens with two attached hydrogens (primary N) is 1. The monoisotopic (exact) mass is 499 g/mol. The molecule has 1 heterocycles. The zero-order valence-corrected chi connectivity index (χ0v) is 22.1. The van der Waals surface area contributed by atoms with Crippen LogP contribution in [0.2, 0.25) is 0 Å². The number of aromatic amines is 1. The fraction of sp³-hybridized carbons (Fsp3) is 0.481. The Morgan fingerprint density at radius 1 is 1.14 bits per heavy atom. The average Bonchev–Trinajstić information content (AvgIpc) is 3.19. The van der Waals surface area contributed by atoms with Crippen LogP contribution in [0.3, 0.4) is 0 Å². The molecule has 0 aliphatic rings. The first-order chi connectivity index (χ1) is 16.6. The number of aromatic hydroxyl groups is 1. The van der Waals surface area contributed by atoms with E-state index in [1.165, 1.54) is 5.56 Å². The van der Waals surface area contributed by atoms with Crippen molar-refractivity contribution in [2.24, 2.45) is 5.73 Å². The largest absolute Gasteiger partial charge is 0.506 e. The molecule has 1 amide bonds. The number of carbonyl (C=O) groups excluding carboxylic acids is 1. The quantitative estimate of drug-likeness (QED) is 0.213. The first-order valence-corrected chi connectivity index (χ1v) is 13.1. The molecule has 35 heavy (non-hydrogen) atoms. The molecule has 5 N–H and O–H groups in total. The molecule has 0 radical (unpaired) electrons. The van der Waals surface area contributed by atoms with Crippen molar-refractivity contribution in [1.29, 1.82) is 0 Å². The Morgan fingerprint density at radius 2 is 1.86 bits per heavy atom. The lowest BCUT2D eigenvalue weighted by molar-refractivity contribution is -0.989. The first kappa shape index (κ1) is 26.9. The number of nitrogens with zero attached hydrogens (tertiary/aromatic N) is 1. The SMILES string of the molecule is CC(C)[N+](CCNCCc1ccc(O)c2[nH]c(=O)sc12)(CCC(N)=O)C(C)(C)Cc1ccccc1. The van der Waals surface area contributed by atoms with Crippen LogP contribution >= 0.6 is 11.3 Å². The van der Waals surface area contributed by atoms with Gasteiger partial charge in [-0.3, -0.25) is 9.59 Å². The number of aromatic nitrogens is 1. The van der Waals surface area contributed by atoms with E-state index in [2.05, 4.69) is 62.3 Å². The van der Waals surface area contributed by atoms with Gasteiger partial charge >= 0.3 is 4.87 Å². The second-order valence-corrected chi connectivity index (χ2v) is 11.2. The maximum atomic E-state index is 11.8. The topological polar surface area (TPSA) is 108 Å². The van der Waals surface area contributed by atoms with Gasteiger partial charge in [0.25, 0.3) is 0 Å². The minimum atomic E-state index is -0.265. The van der Waals surface area contributed by atoms with Crippen molar-refractivity contribution in [3.05, 3.63) is 63.3 Å². The Labute approximate surface area is 211 Å². The third-order valence-corrected chi connectivity index (χ3v) is 8.29. The van der Waals surface area contributed by atoms with E-state index in [0.29, 0.717) is 24.5 Å². The van der Waals surface area contributed by atoms with Crippen molar-refractivity contribution in [3.8, 4) is 5.75 Å². The zero-order valence-electron chi connectivity index (χ0n) is 21.3. The van der Waals surface area contributed by atoms with Crippen molar-refractivity contribution in [1.82, 2.24) is 10.3 Å². The van der Waals surface area contributed by atoms with Gasteiger partial charge in [0.15, 0.2) is 0 Å². The van der Waals surface area contributed by atoms with Gasteiger partial charge in [-0.1, -0.05) is 47.7 Å². The summed E-state index contributed by atoms with van der Waals surface area (Å²) in [6.07, 6.45) is 2.01. The van der Waals surface area contributed by atoms with Gasteiger partial charge < -0.3 is 25.6 Å². The van der Waals surface area contributed by atoms with Gasteiger partial charge in [-0.05, 0) is 57.9 Å². The molecule has 0 fully saturated rings. The van der Waals surface area contributed by atoms with Crippen molar-refractivity contribution in [3.63, 3.8) is 0 Å². The van der Waals surface area contributed by atoms with Crippen LogP contribution in [0.5, 0.6) is 5.75 Å². The number of phenols is 1. The van der Waals surface area contributed by atoms with E-state index >= 15 is 0 Å². The molecule has 190 valence electrons. The number of phenolic OH excluding ortho intramolecular Hbond substituents is 1. The lowest BCUT2D eigenvalue weighted by atomic mass is 9.87. The molecule has 1 aromatic heterocycles. The number of hydrogen-bond acceptors (Lipinski definition) is 5. The predicted octanol–water partition coefficient (Wildman–Crippen LogP) is 3.55. The average molecular weight is 500 g/mol. The van der Waals surface area contributed by atoms with E-state index in [1.807, 2.05) is 12.1 Å². The molecule has 0 aliphatic heterocycles. The summed E-state index contributed by atoms with van der Waals surface area (Å²) in [5.74, 6) is -0.164. The fourth-order valence-electron chi connectivity index (χ4n) is 5.39. The molecule has 8 heteroatoms. The highest BCUT2D eigenvalue weighted by molar-refractivity contribution is 7.16. The highest BCUT2D eigenvalue weighted by atomic mass is 32.1. The normalized spacial score (nSPS) is 13.9. The van der Waals surface area contributed by atoms with Crippen LogP contribution in [-0.4, -0.2) is 58.2 Å². The van der Waals surface area contributed by atoms with Crippen LogP contribution in [0.25, 0.3) is 10.2 Å². The summed E-state index contributed by atoms with van der Waals surface area (Å²) in [7, 11) is 0. The highest BCUT2D eigenvalue weighted by Gasteiger charge is 2.45. The van der Waals surface area contributed by atoms with Crippen molar-refractivity contribution < 1.29 is 14.4 Å². The van der Waals surface area contributed by atoms with Gasteiger partial charge in [-0.2, -0.15) is 0 Å². The number of quaternary nitrogens is 1. The van der Waals surface area contributed by atoms with E-state index in [4.69, 9.17) is 5.73 Å².